The molecule has 0 heterocycles. The maximum atomic E-state index is 13.3. The number of ether oxygens (including phenoxy) is 1. The fourth-order valence-corrected chi connectivity index (χ4v) is 4.17. The fourth-order valence-electron chi connectivity index (χ4n) is 3.97. The van der Waals surface area contributed by atoms with E-state index in [1.54, 1.807) is 58.9 Å². The monoisotopic (exact) mass is 696 g/mol. The van der Waals surface area contributed by atoms with Crippen molar-refractivity contribution in [2.24, 2.45) is 17.1 Å². The molecule has 0 aliphatic rings. The number of alkyl halides is 1. The lowest BCUT2D eigenvalue weighted by atomic mass is 9.97. The number of carbonyl (C=O) groups is 6. The normalized spacial score (nSPS) is 12.4. The number of nitrogens with one attached hydrogen (secondary N) is 5. The van der Waals surface area contributed by atoms with Crippen LogP contribution in [-0.2, 0) is 35.3 Å². The fraction of sp³-hybridized carbons (Fsp3) is 0.613. The maximum Gasteiger partial charge on any atom is 0.312 e. The molecule has 13 nitrogen and oxygen atoms in total. The average molecular weight is 698 g/mol. The number of nitrogens with two attached hydrogens (primary N) is 1. The van der Waals surface area contributed by atoms with E-state index in [0.717, 1.165) is 18.4 Å². The van der Waals surface area contributed by atoms with Crippen LogP contribution in [0.2, 0.25) is 0 Å². The van der Waals surface area contributed by atoms with Crippen molar-refractivity contribution in [2.75, 3.05) is 23.7 Å². The number of amides is 6. The Morgan fingerprint density at radius 2 is 1.49 bits per heavy atom. The van der Waals surface area contributed by atoms with Gasteiger partial charge in [0.25, 0.3) is 0 Å². The predicted molar refractivity (Wildman–Crippen MR) is 175 cm³/mol. The van der Waals surface area contributed by atoms with Gasteiger partial charge in [0.2, 0.25) is 23.6 Å². The molecule has 0 radical (unpaired) electrons. The van der Waals surface area contributed by atoms with Gasteiger partial charge in [-0.15, -0.1) is 0 Å². The number of esters is 1. The number of carbonyl (C=O) groups excluding carboxylic acids is 6. The SMILES string of the molecule is CC(C)[C@H](NC(=O)CCCCCNC(=O)CBr)C(=O)N[C@@H](CCCNC(N)=O)C(=O)Nc1ccc(COC(=O)C(C)(C)C)cc1. The Morgan fingerprint density at radius 3 is 2.07 bits per heavy atom. The molecular weight excluding hydrogens is 648 g/mol. The first-order valence-corrected chi connectivity index (χ1v) is 16.3. The van der Waals surface area contributed by atoms with Crippen molar-refractivity contribution in [3.8, 4) is 0 Å². The quantitative estimate of drug-likeness (QED) is 0.0726. The van der Waals surface area contributed by atoms with E-state index in [2.05, 4.69) is 42.5 Å². The summed E-state index contributed by atoms with van der Waals surface area (Å²) >= 11 is 3.08. The molecule has 0 aromatic heterocycles. The summed E-state index contributed by atoms with van der Waals surface area (Å²) in [6.07, 6.45) is 2.83. The van der Waals surface area contributed by atoms with Gasteiger partial charge in [0.05, 0.1) is 10.7 Å². The van der Waals surface area contributed by atoms with Crippen molar-refractivity contribution >= 4 is 57.2 Å². The third-order valence-electron chi connectivity index (χ3n) is 6.60. The summed E-state index contributed by atoms with van der Waals surface area (Å²) in [7, 11) is 0. The second-order valence-electron chi connectivity index (χ2n) is 12.1. The number of rotatable bonds is 19. The van der Waals surface area contributed by atoms with Gasteiger partial charge in [-0.1, -0.05) is 48.3 Å². The minimum atomic E-state index is -0.965. The highest BCUT2D eigenvalue weighted by Gasteiger charge is 2.29. The molecule has 45 heavy (non-hydrogen) atoms. The highest BCUT2D eigenvalue weighted by molar-refractivity contribution is 9.09. The first-order valence-electron chi connectivity index (χ1n) is 15.2. The van der Waals surface area contributed by atoms with Crippen LogP contribution in [0.3, 0.4) is 0 Å². The zero-order valence-electron chi connectivity index (χ0n) is 26.9. The van der Waals surface area contributed by atoms with Gasteiger partial charge >= 0.3 is 12.0 Å². The Hall–Kier alpha value is -3.68. The van der Waals surface area contributed by atoms with Crippen molar-refractivity contribution in [2.45, 2.75) is 91.8 Å². The number of hydrogen-bond donors (Lipinski definition) is 6. The number of hydrogen-bond acceptors (Lipinski definition) is 7. The molecule has 0 saturated carbocycles. The molecule has 1 rings (SSSR count). The second kappa shape index (κ2) is 20.4. The van der Waals surface area contributed by atoms with E-state index >= 15 is 0 Å². The molecule has 0 saturated heterocycles. The second-order valence-corrected chi connectivity index (χ2v) is 12.7. The van der Waals surface area contributed by atoms with Crippen molar-refractivity contribution in [3.05, 3.63) is 29.8 Å². The summed E-state index contributed by atoms with van der Waals surface area (Å²) < 4.78 is 5.33. The van der Waals surface area contributed by atoms with Gasteiger partial charge in [-0.25, -0.2) is 4.79 Å². The minimum absolute atomic E-state index is 0.0911. The topological polar surface area (TPSA) is 198 Å². The van der Waals surface area contributed by atoms with Crippen LogP contribution in [0.5, 0.6) is 0 Å². The highest BCUT2D eigenvalue weighted by atomic mass is 79.9. The summed E-state index contributed by atoms with van der Waals surface area (Å²) in [5.74, 6) is -1.94. The Kier molecular flexibility index (Phi) is 17.8. The van der Waals surface area contributed by atoms with E-state index in [9.17, 15) is 28.8 Å². The van der Waals surface area contributed by atoms with E-state index in [-0.39, 0.29) is 55.0 Å². The van der Waals surface area contributed by atoms with Crippen LogP contribution in [-0.4, -0.2) is 66.1 Å². The summed E-state index contributed by atoms with van der Waals surface area (Å²) in [5.41, 5.74) is 5.73. The molecule has 14 heteroatoms. The molecular formula is C31H49BrN6O7. The minimum Gasteiger partial charge on any atom is -0.460 e. The number of primary amides is 1. The maximum absolute atomic E-state index is 13.3. The molecule has 1 aromatic rings. The van der Waals surface area contributed by atoms with Gasteiger partial charge in [-0.3, -0.25) is 24.0 Å². The molecule has 2 atom stereocenters. The average Bonchev–Trinajstić information content (AvgIpc) is 2.97. The number of unbranched alkanes of at least 4 members (excludes halogenated alkanes) is 2. The van der Waals surface area contributed by atoms with Crippen molar-refractivity contribution in [3.63, 3.8) is 0 Å². The summed E-state index contributed by atoms with van der Waals surface area (Å²) in [6, 6.07) is 4.24. The van der Waals surface area contributed by atoms with E-state index < -0.39 is 35.3 Å². The predicted octanol–water partition coefficient (Wildman–Crippen LogP) is 2.86. The summed E-state index contributed by atoms with van der Waals surface area (Å²) in [4.78, 5) is 73.6. The largest absolute Gasteiger partial charge is 0.460 e. The molecule has 0 spiro atoms. The molecule has 0 unspecified atom stereocenters. The number of benzene rings is 1. The van der Waals surface area contributed by atoms with E-state index in [4.69, 9.17) is 10.5 Å². The zero-order valence-corrected chi connectivity index (χ0v) is 28.5. The Bertz CT molecular complexity index is 1140. The molecule has 252 valence electrons. The smallest absolute Gasteiger partial charge is 0.312 e. The van der Waals surface area contributed by atoms with Crippen LogP contribution < -0.4 is 32.3 Å². The molecule has 0 fully saturated rings. The van der Waals surface area contributed by atoms with Crippen molar-refractivity contribution in [1.82, 2.24) is 21.3 Å². The Morgan fingerprint density at radius 1 is 0.844 bits per heavy atom. The number of anilines is 1. The van der Waals surface area contributed by atoms with Crippen LogP contribution in [0, 0.1) is 11.3 Å². The number of urea groups is 1. The number of halogens is 1. The standard InChI is InChI=1S/C31H49BrN6O7/c1-20(2)26(38-24(39)11-7-6-8-16-34-25(40)18-32)28(42)37-23(10-9-17-35-30(33)44)27(41)36-22-14-12-21(13-15-22)19-45-29(43)31(3,4)5/h12-15,20,23,26H,6-11,16-19H2,1-5H3,(H,34,40)(H,36,41)(H,37,42)(H,38,39)(H3,33,35,44)/t23-,26-/m0/s1. The van der Waals surface area contributed by atoms with Crippen LogP contribution >= 0.6 is 15.9 Å². The third kappa shape index (κ3) is 16.8. The van der Waals surface area contributed by atoms with Gasteiger partial charge in [0.1, 0.15) is 18.7 Å². The summed E-state index contributed by atoms with van der Waals surface area (Å²) in [5, 5.41) is 13.8. The van der Waals surface area contributed by atoms with Gasteiger partial charge in [-0.05, 0) is 70.1 Å². The van der Waals surface area contributed by atoms with E-state index in [1.165, 1.54) is 0 Å². The molecule has 7 N–H and O–H groups in total. The van der Waals surface area contributed by atoms with Gasteiger partial charge < -0.3 is 37.1 Å². The Balaban J connectivity index is 2.80. The molecule has 0 aliphatic carbocycles. The van der Waals surface area contributed by atoms with Crippen molar-refractivity contribution < 1.29 is 33.5 Å². The molecule has 6 amide bonds. The van der Waals surface area contributed by atoms with Crippen LogP contribution in [0.15, 0.2) is 24.3 Å². The van der Waals surface area contributed by atoms with E-state index in [1.807, 2.05) is 0 Å². The van der Waals surface area contributed by atoms with Gasteiger partial charge in [0, 0.05) is 25.2 Å². The third-order valence-corrected chi connectivity index (χ3v) is 7.10. The molecule has 1 aromatic carbocycles. The Labute approximate surface area is 274 Å². The summed E-state index contributed by atoms with van der Waals surface area (Å²) in [6.45, 7) is 9.72. The molecule has 0 aliphatic heterocycles. The lowest BCUT2D eigenvalue weighted by molar-refractivity contribution is -0.154. The lowest BCUT2D eigenvalue weighted by Crippen LogP contribution is -2.54. The van der Waals surface area contributed by atoms with E-state index in [0.29, 0.717) is 25.1 Å². The molecule has 0 bridgehead atoms. The van der Waals surface area contributed by atoms with Gasteiger partial charge in [0.15, 0.2) is 0 Å². The highest BCUT2D eigenvalue weighted by Crippen LogP contribution is 2.18. The van der Waals surface area contributed by atoms with Crippen molar-refractivity contribution in [1.29, 1.82) is 0 Å². The van der Waals surface area contributed by atoms with Gasteiger partial charge in [-0.2, -0.15) is 0 Å². The van der Waals surface area contributed by atoms with Crippen LogP contribution in [0.1, 0.15) is 78.7 Å². The van der Waals surface area contributed by atoms with Crippen LogP contribution in [0.25, 0.3) is 0 Å². The van der Waals surface area contributed by atoms with Crippen LogP contribution in [0.4, 0.5) is 10.5 Å². The zero-order chi connectivity index (χ0) is 34.0. The lowest BCUT2D eigenvalue weighted by Gasteiger charge is -2.25. The first kappa shape index (κ1) is 39.3. The first-order chi connectivity index (χ1) is 21.1.